The first-order chi connectivity index (χ1) is 17.0. The number of benzene rings is 1. The van der Waals surface area contributed by atoms with E-state index in [0.717, 1.165) is 49.3 Å². The van der Waals surface area contributed by atoms with Crippen LogP contribution in [0.15, 0.2) is 50.9 Å². The number of aromatic nitrogens is 2. The number of thiophene rings is 1. The van der Waals surface area contributed by atoms with Crippen molar-refractivity contribution in [2.75, 3.05) is 39.1 Å². The Morgan fingerprint density at radius 3 is 2.77 bits per heavy atom. The van der Waals surface area contributed by atoms with Gasteiger partial charge in [-0.25, -0.2) is 4.98 Å². The molecular formula is C26H33N3O4S2. The van der Waals surface area contributed by atoms with Gasteiger partial charge in [0.15, 0.2) is 0 Å². The van der Waals surface area contributed by atoms with E-state index in [-0.39, 0.29) is 11.5 Å². The Kier molecular flexibility index (Phi) is 8.86. The molecule has 35 heavy (non-hydrogen) atoms. The molecule has 1 aliphatic heterocycles. The summed E-state index contributed by atoms with van der Waals surface area (Å²) in [5, 5.41) is 2.11. The summed E-state index contributed by atoms with van der Waals surface area (Å²) in [6.45, 7) is 5.56. The number of hydrogen-bond donors (Lipinski definition) is 0. The summed E-state index contributed by atoms with van der Waals surface area (Å²) in [7, 11) is 1.61. The van der Waals surface area contributed by atoms with E-state index < -0.39 is 5.41 Å². The Bertz CT molecular complexity index is 1170. The number of esters is 1. The largest absolute Gasteiger partial charge is 0.497 e. The maximum atomic E-state index is 13.1. The van der Waals surface area contributed by atoms with Crippen LogP contribution in [0.4, 0.5) is 0 Å². The highest BCUT2D eigenvalue weighted by Gasteiger charge is 2.42. The number of likely N-dealkylation sites (tertiary alicyclic amines) is 1. The van der Waals surface area contributed by atoms with Crippen LogP contribution < -0.4 is 10.3 Å². The van der Waals surface area contributed by atoms with Gasteiger partial charge in [-0.2, -0.15) is 0 Å². The molecule has 3 aromatic rings. The molecule has 4 rings (SSSR count). The van der Waals surface area contributed by atoms with Gasteiger partial charge in [-0.05, 0) is 69.3 Å². The van der Waals surface area contributed by atoms with E-state index in [1.165, 1.54) is 10.4 Å². The third kappa shape index (κ3) is 6.26. The van der Waals surface area contributed by atoms with Crippen LogP contribution >= 0.6 is 23.1 Å². The molecule has 0 amide bonds. The molecule has 0 radical (unpaired) electrons. The van der Waals surface area contributed by atoms with Gasteiger partial charge in [-0.15, -0.1) is 23.1 Å². The highest BCUT2D eigenvalue weighted by Crippen LogP contribution is 2.38. The molecule has 1 saturated heterocycles. The van der Waals surface area contributed by atoms with Crippen LogP contribution in [0.2, 0.25) is 0 Å². The second kappa shape index (κ2) is 12.1. The molecular weight excluding hydrogens is 482 g/mol. The number of hydrogen-bond acceptors (Lipinski definition) is 8. The third-order valence-electron chi connectivity index (χ3n) is 6.76. The van der Waals surface area contributed by atoms with Crippen LogP contribution in [0.1, 0.15) is 32.6 Å². The predicted molar refractivity (Wildman–Crippen MR) is 142 cm³/mol. The van der Waals surface area contributed by atoms with Gasteiger partial charge in [0.1, 0.15) is 5.75 Å². The normalized spacial score (nSPS) is 15.8. The molecule has 188 valence electrons. The van der Waals surface area contributed by atoms with Gasteiger partial charge in [0.2, 0.25) is 0 Å². The summed E-state index contributed by atoms with van der Waals surface area (Å²) >= 11 is 3.67. The van der Waals surface area contributed by atoms with Crippen molar-refractivity contribution in [3.05, 3.63) is 52.3 Å². The lowest BCUT2D eigenvalue weighted by Gasteiger charge is -2.40. The Morgan fingerprint density at radius 2 is 2.06 bits per heavy atom. The number of piperidine rings is 1. The van der Waals surface area contributed by atoms with Gasteiger partial charge < -0.3 is 18.9 Å². The van der Waals surface area contributed by atoms with Crippen LogP contribution in [-0.2, 0) is 16.1 Å². The second-order valence-corrected chi connectivity index (χ2v) is 11.2. The molecule has 1 fully saturated rings. The fraction of sp³-hybridized carbons (Fsp3) is 0.500. The molecule has 0 unspecified atom stereocenters. The van der Waals surface area contributed by atoms with Gasteiger partial charge >= 0.3 is 5.97 Å². The SMILES string of the molecule is CCOC(=O)C1(CCCn2c(=O)cnc3ccc(OC)cc32)CCN(CCSc2cccs2)CC1. The minimum absolute atomic E-state index is 0.0961. The van der Waals surface area contributed by atoms with Crippen LogP contribution in [0, 0.1) is 5.41 Å². The van der Waals surface area contributed by atoms with Crippen LogP contribution in [0.25, 0.3) is 11.0 Å². The molecule has 2 aromatic heterocycles. The number of thioether (sulfide) groups is 1. The molecule has 0 N–H and O–H groups in total. The summed E-state index contributed by atoms with van der Waals surface area (Å²) in [5.74, 6) is 1.64. The lowest BCUT2D eigenvalue weighted by atomic mass is 9.74. The summed E-state index contributed by atoms with van der Waals surface area (Å²) in [5.41, 5.74) is 0.866. The standard InChI is InChI=1S/C26H33N3O4S2/c1-3-33-25(31)26(10-13-28(14-11-26)15-17-35-24-6-4-16-34-24)9-5-12-29-22-18-20(32-2)7-8-21(22)27-19-23(29)30/h4,6-8,16,18-19H,3,5,9-15,17H2,1-2H3. The monoisotopic (exact) mass is 515 g/mol. The van der Waals surface area contributed by atoms with E-state index >= 15 is 0 Å². The molecule has 9 heteroatoms. The average molecular weight is 516 g/mol. The quantitative estimate of drug-likeness (QED) is 0.271. The van der Waals surface area contributed by atoms with Crippen LogP contribution in [-0.4, -0.2) is 59.5 Å². The van der Waals surface area contributed by atoms with Crippen molar-refractivity contribution < 1.29 is 14.3 Å². The molecule has 0 aliphatic carbocycles. The number of carbonyl (C=O) groups is 1. The number of methoxy groups -OCH3 is 1. The maximum Gasteiger partial charge on any atom is 0.312 e. The first kappa shape index (κ1) is 25.7. The zero-order valence-corrected chi connectivity index (χ0v) is 22.0. The van der Waals surface area contributed by atoms with Gasteiger partial charge in [0, 0.05) is 24.9 Å². The summed E-state index contributed by atoms with van der Waals surface area (Å²) in [4.78, 5) is 32.4. The fourth-order valence-corrected chi connectivity index (χ4v) is 6.60. The Balaban J connectivity index is 1.39. The zero-order valence-electron chi connectivity index (χ0n) is 20.4. The summed E-state index contributed by atoms with van der Waals surface area (Å²) in [6.07, 6.45) is 4.35. The van der Waals surface area contributed by atoms with E-state index in [4.69, 9.17) is 9.47 Å². The van der Waals surface area contributed by atoms with Crippen molar-refractivity contribution in [2.45, 2.75) is 43.4 Å². The maximum absolute atomic E-state index is 13.1. The molecule has 0 spiro atoms. The minimum atomic E-state index is -0.489. The summed E-state index contributed by atoms with van der Waals surface area (Å²) in [6, 6.07) is 9.78. The fourth-order valence-electron chi connectivity index (χ4n) is 4.74. The van der Waals surface area contributed by atoms with Crippen LogP contribution in [0.5, 0.6) is 5.75 Å². The number of carbonyl (C=O) groups excluding carboxylic acids is 1. The Morgan fingerprint density at radius 1 is 1.23 bits per heavy atom. The topological polar surface area (TPSA) is 73.7 Å². The number of aryl methyl sites for hydroxylation is 1. The first-order valence-corrected chi connectivity index (χ1v) is 14.0. The van der Waals surface area contributed by atoms with E-state index in [1.54, 1.807) is 23.0 Å². The lowest BCUT2D eigenvalue weighted by molar-refractivity contribution is -0.159. The molecule has 0 saturated carbocycles. The number of ether oxygens (including phenoxy) is 2. The van der Waals surface area contributed by atoms with E-state index in [2.05, 4.69) is 27.4 Å². The van der Waals surface area contributed by atoms with Crippen LogP contribution in [0.3, 0.4) is 0 Å². The van der Waals surface area contributed by atoms with Gasteiger partial charge in [0.05, 0.1) is 40.6 Å². The van der Waals surface area contributed by atoms with Crippen molar-refractivity contribution in [1.29, 1.82) is 0 Å². The van der Waals surface area contributed by atoms with Gasteiger partial charge in [-0.3, -0.25) is 9.59 Å². The predicted octanol–water partition coefficient (Wildman–Crippen LogP) is 4.68. The second-order valence-electron chi connectivity index (χ2n) is 8.83. The molecule has 7 nitrogen and oxygen atoms in total. The minimum Gasteiger partial charge on any atom is -0.497 e. The molecule has 0 atom stereocenters. The average Bonchev–Trinajstić information content (AvgIpc) is 3.40. The van der Waals surface area contributed by atoms with Crippen molar-refractivity contribution in [3.8, 4) is 5.75 Å². The van der Waals surface area contributed by atoms with Crippen molar-refractivity contribution in [3.63, 3.8) is 0 Å². The van der Waals surface area contributed by atoms with Gasteiger partial charge in [0.25, 0.3) is 5.56 Å². The van der Waals surface area contributed by atoms with Crippen molar-refractivity contribution >= 4 is 40.1 Å². The number of rotatable bonds is 11. The smallest absolute Gasteiger partial charge is 0.312 e. The first-order valence-electron chi connectivity index (χ1n) is 12.1. The lowest BCUT2D eigenvalue weighted by Crippen LogP contribution is -2.46. The van der Waals surface area contributed by atoms with Gasteiger partial charge in [-0.1, -0.05) is 6.07 Å². The van der Waals surface area contributed by atoms with Crippen molar-refractivity contribution in [1.82, 2.24) is 14.5 Å². The highest BCUT2D eigenvalue weighted by atomic mass is 32.2. The molecule has 1 aliphatic rings. The number of nitrogens with zero attached hydrogens (tertiary/aromatic N) is 3. The zero-order chi connectivity index (χ0) is 24.7. The van der Waals surface area contributed by atoms with E-state index in [9.17, 15) is 9.59 Å². The van der Waals surface area contributed by atoms with E-state index in [1.807, 2.05) is 36.9 Å². The molecule has 1 aromatic carbocycles. The van der Waals surface area contributed by atoms with Crippen molar-refractivity contribution in [2.24, 2.45) is 5.41 Å². The number of fused-ring (bicyclic) bond motifs is 1. The van der Waals surface area contributed by atoms with E-state index in [0.29, 0.717) is 31.7 Å². The third-order valence-corrected chi connectivity index (χ3v) is 8.87. The highest BCUT2D eigenvalue weighted by molar-refractivity contribution is 8.01. The molecule has 0 bridgehead atoms. The molecule has 3 heterocycles. The Labute approximate surface area is 214 Å². The summed E-state index contributed by atoms with van der Waals surface area (Å²) < 4.78 is 13.9. The Hall–Kier alpha value is -2.36.